The fourth-order valence-corrected chi connectivity index (χ4v) is 2.66. The zero-order valence-electron chi connectivity index (χ0n) is 11.9. The lowest BCUT2D eigenvalue weighted by atomic mass is 10.2. The first-order valence-corrected chi connectivity index (χ1v) is 7.44. The number of aryl methyl sites for hydroxylation is 1. The molecule has 0 saturated carbocycles. The number of hydrogen-bond donors (Lipinski definition) is 1. The maximum atomic E-state index is 12.4. The van der Waals surface area contributed by atoms with Crippen LogP contribution in [-0.2, 0) is 0 Å². The van der Waals surface area contributed by atoms with Gasteiger partial charge in [-0.15, -0.1) is 11.8 Å². The Labute approximate surface area is 123 Å². The molecular weight excluding hydrogens is 268 g/mol. The van der Waals surface area contributed by atoms with Gasteiger partial charge in [-0.1, -0.05) is 26.0 Å². The number of nitrogens with one attached hydrogen (secondary N) is 1. The first-order valence-electron chi connectivity index (χ1n) is 6.56. The summed E-state index contributed by atoms with van der Waals surface area (Å²) in [7, 11) is 0. The number of benzene rings is 1. The van der Waals surface area contributed by atoms with Gasteiger partial charge in [-0.2, -0.15) is 0 Å². The van der Waals surface area contributed by atoms with Gasteiger partial charge in [0.05, 0.1) is 5.56 Å². The Morgan fingerprint density at radius 2 is 2.05 bits per heavy atom. The molecule has 1 N–H and O–H groups in total. The fraction of sp³-hybridized carbons (Fsp3) is 0.250. The molecule has 0 fully saturated rings. The molecule has 0 aliphatic heterocycles. The molecule has 2 rings (SSSR count). The molecule has 0 bridgehead atoms. The molecule has 0 aliphatic carbocycles. The predicted molar refractivity (Wildman–Crippen MR) is 84.4 cm³/mol. The molecule has 0 saturated heterocycles. The predicted octanol–water partition coefficient (Wildman–Crippen LogP) is 4.14. The molecular formula is C16H18N2OS. The van der Waals surface area contributed by atoms with Gasteiger partial charge in [-0.05, 0) is 36.8 Å². The Kier molecular flexibility index (Phi) is 4.79. The van der Waals surface area contributed by atoms with Crippen LogP contribution in [-0.4, -0.2) is 16.1 Å². The van der Waals surface area contributed by atoms with Crippen molar-refractivity contribution in [2.24, 2.45) is 0 Å². The van der Waals surface area contributed by atoms with Crippen molar-refractivity contribution in [2.45, 2.75) is 31.0 Å². The number of pyridine rings is 1. The molecule has 0 spiro atoms. The summed E-state index contributed by atoms with van der Waals surface area (Å²) in [6, 6.07) is 11.4. The van der Waals surface area contributed by atoms with Crippen LogP contribution in [0.4, 0.5) is 5.69 Å². The highest BCUT2D eigenvalue weighted by Crippen LogP contribution is 2.25. The van der Waals surface area contributed by atoms with Crippen LogP contribution in [0, 0.1) is 6.92 Å². The summed E-state index contributed by atoms with van der Waals surface area (Å²) in [5, 5.41) is 4.08. The van der Waals surface area contributed by atoms with E-state index in [-0.39, 0.29) is 5.91 Å². The molecule has 4 heteroatoms. The SMILES string of the molecule is Cc1cccc(NC(=O)c2cccnc2SC(C)C)c1. The first-order chi connectivity index (χ1) is 9.56. The molecule has 20 heavy (non-hydrogen) atoms. The number of carbonyl (C=O) groups excluding carboxylic acids is 1. The standard InChI is InChI=1S/C16H18N2OS/c1-11(2)20-16-14(8-5-9-17-16)15(19)18-13-7-4-6-12(3)10-13/h4-11H,1-3H3,(H,18,19). The highest BCUT2D eigenvalue weighted by atomic mass is 32.2. The highest BCUT2D eigenvalue weighted by Gasteiger charge is 2.14. The van der Waals surface area contributed by atoms with Crippen LogP contribution < -0.4 is 5.32 Å². The van der Waals surface area contributed by atoms with Gasteiger partial charge in [0.1, 0.15) is 5.03 Å². The topological polar surface area (TPSA) is 42.0 Å². The van der Waals surface area contributed by atoms with Crippen molar-refractivity contribution < 1.29 is 4.79 Å². The number of carbonyl (C=O) groups is 1. The molecule has 0 aliphatic rings. The smallest absolute Gasteiger partial charge is 0.258 e. The number of rotatable bonds is 4. The van der Waals surface area contributed by atoms with Crippen molar-refractivity contribution in [2.75, 3.05) is 5.32 Å². The average molecular weight is 286 g/mol. The van der Waals surface area contributed by atoms with Crippen molar-refractivity contribution in [3.05, 3.63) is 53.7 Å². The first kappa shape index (κ1) is 14.6. The third kappa shape index (κ3) is 3.84. The van der Waals surface area contributed by atoms with Gasteiger partial charge in [0, 0.05) is 17.1 Å². The maximum absolute atomic E-state index is 12.4. The molecule has 1 amide bonds. The van der Waals surface area contributed by atoms with E-state index in [1.165, 1.54) is 0 Å². The van der Waals surface area contributed by atoms with E-state index in [1.54, 1.807) is 24.0 Å². The number of amides is 1. The second-order valence-electron chi connectivity index (χ2n) is 4.85. The minimum Gasteiger partial charge on any atom is -0.322 e. The summed E-state index contributed by atoms with van der Waals surface area (Å²) in [6.45, 7) is 6.17. The molecule has 3 nitrogen and oxygen atoms in total. The van der Waals surface area contributed by atoms with Crippen LogP contribution in [0.15, 0.2) is 47.6 Å². The monoisotopic (exact) mass is 286 g/mol. The van der Waals surface area contributed by atoms with Gasteiger partial charge < -0.3 is 5.32 Å². The van der Waals surface area contributed by atoms with Gasteiger partial charge in [-0.25, -0.2) is 4.98 Å². The lowest BCUT2D eigenvalue weighted by Gasteiger charge is -2.10. The van der Waals surface area contributed by atoms with Crippen molar-refractivity contribution in [3.63, 3.8) is 0 Å². The normalized spacial score (nSPS) is 10.6. The number of aromatic nitrogens is 1. The fourth-order valence-electron chi connectivity index (χ4n) is 1.80. The van der Waals surface area contributed by atoms with Crippen LogP contribution >= 0.6 is 11.8 Å². The largest absolute Gasteiger partial charge is 0.322 e. The van der Waals surface area contributed by atoms with E-state index < -0.39 is 0 Å². The van der Waals surface area contributed by atoms with Gasteiger partial charge in [0.15, 0.2) is 0 Å². The van der Waals surface area contributed by atoms with Gasteiger partial charge in [0.25, 0.3) is 5.91 Å². The Morgan fingerprint density at radius 1 is 1.25 bits per heavy atom. The number of anilines is 1. The molecule has 2 aromatic rings. The molecule has 1 aromatic heterocycles. The van der Waals surface area contributed by atoms with Crippen molar-refractivity contribution >= 4 is 23.4 Å². The van der Waals surface area contributed by atoms with Crippen molar-refractivity contribution in [1.29, 1.82) is 0 Å². The summed E-state index contributed by atoms with van der Waals surface area (Å²) < 4.78 is 0. The second kappa shape index (κ2) is 6.57. The Hall–Kier alpha value is -1.81. The summed E-state index contributed by atoms with van der Waals surface area (Å²) in [4.78, 5) is 16.7. The summed E-state index contributed by atoms with van der Waals surface area (Å²) in [5.41, 5.74) is 2.54. The third-order valence-corrected chi connectivity index (χ3v) is 3.66. The van der Waals surface area contributed by atoms with Gasteiger partial charge >= 0.3 is 0 Å². The lowest BCUT2D eigenvalue weighted by Crippen LogP contribution is -2.14. The Balaban J connectivity index is 2.21. The zero-order chi connectivity index (χ0) is 14.5. The summed E-state index contributed by atoms with van der Waals surface area (Å²) >= 11 is 1.60. The van der Waals surface area contributed by atoms with E-state index in [1.807, 2.05) is 37.3 Å². The highest BCUT2D eigenvalue weighted by molar-refractivity contribution is 7.99. The summed E-state index contributed by atoms with van der Waals surface area (Å²) in [6.07, 6.45) is 1.72. The van der Waals surface area contributed by atoms with E-state index in [0.29, 0.717) is 10.8 Å². The second-order valence-corrected chi connectivity index (χ2v) is 6.41. The number of nitrogens with zero attached hydrogens (tertiary/aromatic N) is 1. The minimum atomic E-state index is -0.119. The molecule has 0 unspecified atom stereocenters. The van der Waals surface area contributed by atoms with Crippen LogP contribution in [0.25, 0.3) is 0 Å². The van der Waals surface area contributed by atoms with E-state index in [0.717, 1.165) is 16.3 Å². The van der Waals surface area contributed by atoms with Gasteiger partial charge in [0.2, 0.25) is 0 Å². The number of thioether (sulfide) groups is 1. The van der Waals surface area contributed by atoms with Crippen LogP contribution in [0.5, 0.6) is 0 Å². The molecule has 1 aromatic carbocycles. The van der Waals surface area contributed by atoms with Crippen LogP contribution in [0.1, 0.15) is 29.8 Å². The Morgan fingerprint density at radius 3 is 2.75 bits per heavy atom. The van der Waals surface area contributed by atoms with Crippen molar-refractivity contribution in [1.82, 2.24) is 4.98 Å². The van der Waals surface area contributed by atoms with Crippen molar-refractivity contribution in [3.8, 4) is 0 Å². The molecule has 1 heterocycles. The minimum absolute atomic E-state index is 0.119. The van der Waals surface area contributed by atoms with Crippen LogP contribution in [0.2, 0.25) is 0 Å². The zero-order valence-corrected chi connectivity index (χ0v) is 12.7. The van der Waals surface area contributed by atoms with E-state index >= 15 is 0 Å². The molecule has 0 radical (unpaired) electrons. The van der Waals surface area contributed by atoms with E-state index in [9.17, 15) is 4.79 Å². The maximum Gasteiger partial charge on any atom is 0.258 e. The van der Waals surface area contributed by atoms with Gasteiger partial charge in [-0.3, -0.25) is 4.79 Å². The Bertz CT molecular complexity index is 611. The van der Waals surface area contributed by atoms with E-state index in [2.05, 4.69) is 24.1 Å². The lowest BCUT2D eigenvalue weighted by molar-refractivity contribution is 0.102. The molecule has 104 valence electrons. The number of hydrogen-bond acceptors (Lipinski definition) is 3. The average Bonchev–Trinajstić information content (AvgIpc) is 2.38. The quantitative estimate of drug-likeness (QED) is 0.859. The van der Waals surface area contributed by atoms with Crippen LogP contribution in [0.3, 0.4) is 0 Å². The molecule has 0 atom stereocenters. The summed E-state index contributed by atoms with van der Waals surface area (Å²) in [5.74, 6) is -0.119. The van der Waals surface area contributed by atoms with E-state index in [4.69, 9.17) is 0 Å². The third-order valence-electron chi connectivity index (χ3n) is 2.64.